The second-order valence-electron chi connectivity index (χ2n) is 4.98. The molecule has 92 valence electrons. The van der Waals surface area contributed by atoms with E-state index >= 15 is 0 Å². The fraction of sp³-hybridized carbons (Fsp3) is 0.500. The van der Waals surface area contributed by atoms with Crippen LogP contribution in [0, 0.1) is 13.8 Å². The Bertz CT molecular complexity index is 404. The Morgan fingerprint density at radius 1 is 1.24 bits per heavy atom. The van der Waals surface area contributed by atoms with E-state index in [2.05, 4.69) is 11.4 Å². The lowest BCUT2D eigenvalue weighted by atomic mass is 9.93. The van der Waals surface area contributed by atoms with E-state index in [1.54, 1.807) is 4.90 Å². The standard InChI is InChI=1S/C14H20N2O/c1-10-7-11(2)9-13(8-10)16(3)14(17)15-12-5-4-6-12/h7-9,12H,4-6H2,1-3H3,(H,15,17). The van der Waals surface area contributed by atoms with Crippen molar-refractivity contribution in [2.75, 3.05) is 11.9 Å². The smallest absolute Gasteiger partial charge is 0.321 e. The van der Waals surface area contributed by atoms with Crippen molar-refractivity contribution in [3.8, 4) is 0 Å². The van der Waals surface area contributed by atoms with E-state index in [1.807, 2.05) is 33.0 Å². The molecule has 0 unspecified atom stereocenters. The minimum absolute atomic E-state index is 0.000278. The summed E-state index contributed by atoms with van der Waals surface area (Å²) in [6.45, 7) is 4.10. The topological polar surface area (TPSA) is 32.3 Å². The van der Waals surface area contributed by atoms with Gasteiger partial charge in [0.15, 0.2) is 0 Å². The number of aryl methyl sites for hydroxylation is 2. The van der Waals surface area contributed by atoms with E-state index in [0.29, 0.717) is 6.04 Å². The molecule has 1 aromatic carbocycles. The van der Waals surface area contributed by atoms with Gasteiger partial charge in [-0.3, -0.25) is 4.90 Å². The summed E-state index contributed by atoms with van der Waals surface area (Å²) in [5.41, 5.74) is 3.32. The zero-order valence-electron chi connectivity index (χ0n) is 10.8. The molecule has 1 N–H and O–H groups in total. The first-order valence-electron chi connectivity index (χ1n) is 6.19. The number of nitrogens with zero attached hydrogens (tertiary/aromatic N) is 1. The van der Waals surface area contributed by atoms with Gasteiger partial charge in [0.05, 0.1) is 0 Å². The van der Waals surface area contributed by atoms with Crippen LogP contribution in [-0.2, 0) is 0 Å². The van der Waals surface area contributed by atoms with Crippen molar-refractivity contribution in [3.05, 3.63) is 29.3 Å². The number of hydrogen-bond donors (Lipinski definition) is 1. The minimum atomic E-state index is -0.000278. The molecule has 0 aromatic heterocycles. The third-order valence-electron chi connectivity index (χ3n) is 3.33. The van der Waals surface area contributed by atoms with Gasteiger partial charge in [-0.1, -0.05) is 6.07 Å². The van der Waals surface area contributed by atoms with Crippen LogP contribution < -0.4 is 10.2 Å². The van der Waals surface area contributed by atoms with Gasteiger partial charge in [0, 0.05) is 18.8 Å². The Morgan fingerprint density at radius 3 is 2.29 bits per heavy atom. The highest BCUT2D eigenvalue weighted by Crippen LogP contribution is 2.20. The fourth-order valence-corrected chi connectivity index (χ4v) is 2.09. The van der Waals surface area contributed by atoms with E-state index < -0.39 is 0 Å². The number of anilines is 1. The number of hydrogen-bond acceptors (Lipinski definition) is 1. The van der Waals surface area contributed by atoms with Crippen molar-refractivity contribution in [1.82, 2.24) is 5.32 Å². The zero-order valence-corrected chi connectivity index (χ0v) is 10.8. The predicted octanol–water partition coefficient (Wildman–Crippen LogP) is 3.00. The second kappa shape index (κ2) is 4.78. The fourth-order valence-electron chi connectivity index (χ4n) is 2.09. The molecule has 0 atom stereocenters. The van der Waals surface area contributed by atoms with Crippen LogP contribution in [0.15, 0.2) is 18.2 Å². The van der Waals surface area contributed by atoms with Crippen molar-refractivity contribution < 1.29 is 4.79 Å². The summed E-state index contributed by atoms with van der Waals surface area (Å²) in [7, 11) is 1.82. The van der Waals surface area contributed by atoms with Crippen molar-refractivity contribution in [3.63, 3.8) is 0 Å². The van der Waals surface area contributed by atoms with Gasteiger partial charge < -0.3 is 5.32 Å². The average molecular weight is 232 g/mol. The molecule has 0 spiro atoms. The molecule has 17 heavy (non-hydrogen) atoms. The maximum absolute atomic E-state index is 12.0. The molecule has 2 rings (SSSR count). The number of carbonyl (C=O) groups excluding carboxylic acids is 1. The van der Waals surface area contributed by atoms with Gasteiger partial charge in [-0.15, -0.1) is 0 Å². The van der Waals surface area contributed by atoms with Crippen LogP contribution in [0.1, 0.15) is 30.4 Å². The van der Waals surface area contributed by atoms with E-state index in [-0.39, 0.29) is 6.03 Å². The van der Waals surface area contributed by atoms with Crippen LogP contribution >= 0.6 is 0 Å². The molecule has 3 heteroatoms. The SMILES string of the molecule is Cc1cc(C)cc(N(C)C(=O)NC2CCC2)c1. The van der Waals surface area contributed by atoms with E-state index in [1.165, 1.54) is 17.5 Å². The molecule has 1 aromatic rings. The highest BCUT2D eigenvalue weighted by atomic mass is 16.2. The van der Waals surface area contributed by atoms with E-state index in [9.17, 15) is 4.79 Å². The molecular weight excluding hydrogens is 212 g/mol. The lowest BCUT2D eigenvalue weighted by Crippen LogP contribution is -2.46. The highest BCUT2D eigenvalue weighted by molar-refractivity contribution is 5.91. The predicted molar refractivity (Wildman–Crippen MR) is 70.5 cm³/mol. The summed E-state index contributed by atoms with van der Waals surface area (Å²) in [4.78, 5) is 13.7. The first-order chi connectivity index (χ1) is 8.06. The Kier molecular flexibility index (Phi) is 3.36. The molecular formula is C14H20N2O. The van der Waals surface area contributed by atoms with Gasteiger partial charge in [-0.05, 0) is 56.4 Å². The number of rotatable bonds is 2. The molecule has 0 heterocycles. The first kappa shape index (κ1) is 12.0. The van der Waals surface area contributed by atoms with Crippen molar-refractivity contribution >= 4 is 11.7 Å². The van der Waals surface area contributed by atoms with Crippen LogP contribution in [0.3, 0.4) is 0 Å². The number of urea groups is 1. The summed E-state index contributed by atoms with van der Waals surface area (Å²) in [5, 5.41) is 3.04. The lowest BCUT2D eigenvalue weighted by molar-refractivity contribution is 0.235. The van der Waals surface area contributed by atoms with Gasteiger partial charge in [0.1, 0.15) is 0 Å². The van der Waals surface area contributed by atoms with Gasteiger partial charge >= 0.3 is 6.03 Å². The van der Waals surface area contributed by atoms with Crippen LogP contribution in [0.2, 0.25) is 0 Å². The van der Waals surface area contributed by atoms with Crippen molar-refractivity contribution in [2.45, 2.75) is 39.2 Å². The lowest BCUT2D eigenvalue weighted by Gasteiger charge is -2.29. The van der Waals surface area contributed by atoms with Crippen molar-refractivity contribution in [1.29, 1.82) is 0 Å². The number of benzene rings is 1. The molecule has 2 amide bonds. The highest BCUT2D eigenvalue weighted by Gasteiger charge is 2.21. The van der Waals surface area contributed by atoms with Gasteiger partial charge in [-0.25, -0.2) is 4.79 Å². The Hall–Kier alpha value is -1.51. The van der Waals surface area contributed by atoms with Gasteiger partial charge in [0.25, 0.3) is 0 Å². The van der Waals surface area contributed by atoms with Gasteiger partial charge in [-0.2, -0.15) is 0 Å². The first-order valence-corrected chi connectivity index (χ1v) is 6.19. The maximum Gasteiger partial charge on any atom is 0.321 e. The van der Waals surface area contributed by atoms with Gasteiger partial charge in [0.2, 0.25) is 0 Å². The number of carbonyl (C=O) groups is 1. The Morgan fingerprint density at radius 2 is 1.82 bits per heavy atom. The normalized spacial score (nSPS) is 15.2. The Labute approximate surface area is 103 Å². The summed E-state index contributed by atoms with van der Waals surface area (Å²) in [5.74, 6) is 0. The summed E-state index contributed by atoms with van der Waals surface area (Å²) in [6.07, 6.45) is 3.47. The monoisotopic (exact) mass is 232 g/mol. The minimum Gasteiger partial charge on any atom is -0.335 e. The third kappa shape index (κ3) is 2.78. The number of nitrogens with one attached hydrogen (secondary N) is 1. The Balaban J connectivity index is 2.06. The van der Waals surface area contributed by atoms with Crippen LogP contribution in [0.5, 0.6) is 0 Å². The molecule has 1 saturated carbocycles. The quantitative estimate of drug-likeness (QED) is 0.835. The molecule has 3 nitrogen and oxygen atoms in total. The maximum atomic E-state index is 12.0. The summed E-state index contributed by atoms with van der Waals surface area (Å²) < 4.78 is 0. The molecule has 0 bridgehead atoms. The molecule has 1 aliphatic rings. The molecule has 0 saturated heterocycles. The van der Waals surface area contributed by atoms with Crippen LogP contribution in [0.25, 0.3) is 0 Å². The van der Waals surface area contributed by atoms with Crippen LogP contribution in [0.4, 0.5) is 10.5 Å². The van der Waals surface area contributed by atoms with E-state index in [0.717, 1.165) is 18.5 Å². The summed E-state index contributed by atoms with van der Waals surface area (Å²) in [6, 6.07) is 6.57. The largest absolute Gasteiger partial charge is 0.335 e. The molecule has 0 aliphatic heterocycles. The van der Waals surface area contributed by atoms with Crippen LogP contribution in [-0.4, -0.2) is 19.1 Å². The average Bonchev–Trinajstić information content (AvgIpc) is 2.20. The molecule has 1 aliphatic carbocycles. The summed E-state index contributed by atoms with van der Waals surface area (Å²) >= 11 is 0. The second-order valence-corrected chi connectivity index (χ2v) is 4.98. The van der Waals surface area contributed by atoms with Crippen molar-refractivity contribution in [2.24, 2.45) is 0 Å². The molecule has 1 fully saturated rings. The third-order valence-corrected chi connectivity index (χ3v) is 3.33. The zero-order chi connectivity index (χ0) is 12.4. The van der Waals surface area contributed by atoms with E-state index in [4.69, 9.17) is 0 Å². The molecule has 0 radical (unpaired) electrons. The number of amides is 2.